The molecule has 0 saturated carbocycles. The summed E-state index contributed by atoms with van der Waals surface area (Å²) >= 11 is 0. The number of H-pyrrole nitrogens is 1. The van der Waals surface area contributed by atoms with Crippen molar-refractivity contribution < 1.29 is 4.98 Å². The lowest BCUT2D eigenvalue weighted by molar-refractivity contribution is -0.363. The molecule has 2 heteroatoms. The Morgan fingerprint density at radius 2 is 1.69 bits per heavy atom. The number of nitrogens with one attached hydrogen (secondary N) is 1. The summed E-state index contributed by atoms with van der Waals surface area (Å²) in [5.41, 5.74) is 8.57. The van der Waals surface area contributed by atoms with E-state index in [0.717, 1.165) is 11.4 Å². The molecular weight excluding hydrogens is 160 g/mol. The first-order valence-electron chi connectivity index (χ1n) is 4.19. The van der Waals surface area contributed by atoms with Gasteiger partial charge in [0.05, 0.1) is 5.69 Å². The third kappa shape index (κ3) is 1.67. The van der Waals surface area contributed by atoms with Crippen LogP contribution in [0.1, 0.15) is 0 Å². The number of hydrogen-bond donors (Lipinski definition) is 1. The fraction of sp³-hybridized carbons (Fsp3) is 0. The molecule has 0 aliphatic rings. The maximum Gasteiger partial charge on any atom is 0.210 e. The normalized spacial score (nSPS) is 9.85. The second kappa shape index (κ2) is 3.27. The van der Waals surface area contributed by atoms with Crippen LogP contribution in [-0.4, -0.2) is 0 Å². The van der Waals surface area contributed by atoms with Crippen molar-refractivity contribution in [2.75, 3.05) is 5.73 Å². The maximum absolute atomic E-state index is 5.57. The molecule has 2 aromatic rings. The molecule has 3 N–H and O–H groups in total. The highest BCUT2D eigenvalue weighted by molar-refractivity contribution is 5.56. The molecule has 1 aromatic carbocycles. The summed E-state index contributed by atoms with van der Waals surface area (Å²) in [6.45, 7) is 0. The van der Waals surface area contributed by atoms with Gasteiger partial charge in [0.1, 0.15) is 0 Å². The summed E-state index contributed by atoms with van der Waals surface area (Å²) in [6.07, 6.45) is 1.79. The zero-order valence-corrected chi connectivity index (χ0v) is 7.20. The van der Waals surface area contributed by atoms with Gasteiger partial charge in [-0.3, -0.25) is 0 Å². The van der Waals surface area contributed by atoms with Crippen LogP contribution >= 0.6 is 0 Å². The van der Waals surface area contributed by atoms with Crippen molar-refractivity contribution in [3.05, 3.63) is 48.7 Å². The number of anilines is 1. The van der Waals surface area contributed by atoms with Crippen LogP contribution in [-0.2, 0) is 0 Å². The minimum Gasteiger partial charge on any atom is -0.394 e. The first kappa shape index (κ1) is 7.80. The molecule has 1 aromatic heterocycles. The van der Waals surface area contributed by atoms with E-state index in [1.807, 2.05) is 30.3 Å². The SMILES string of the molecule is Nc1ccc(-c2ccccc2)[nH+]c1. The Labute approximate surface area is 77.0 Å². The Balaban J connectivity index is 2.42. The van der Waals surface area contributed by atoms with Crippen LogP contribution in [0.3, 0.4) is 0 Å². The van der Waals surface area contributed by atoms with Gasteiger partial charge in [0.2, 0.25) is 5.69 Å². The van der Waals surface area contributed by atoms with E-state index in [2.05, 4.69) is 17.1 Å². The third-order valence-electron chi connectivity index (χ3n) is 1.92. The standard InChI is InChI=1S/C11H10N2/c12-10-6-7-11(13-8-10)9-4-2-1-3-5-9/h1-8H,12H2/p+1. The van der Waals surface area contributed by atoms with Crippen molar-refractivity contribution in [3.63, 3.8) is 0 Å². The molecule has 0 spiro atoms. The molecule has 0 radical (unpaired) electrons. The number of nitrogen functional groups attached to an aromatic ring is 1. The molecule has 1 heterocycles. The number of hydrogen-bond acceptors (Lipinski definition) is 1. The van der Waals surface area contributed by atoms with E-state index in [1.54, 1.807) is 6.20 Å². The lowest BCUT2D eigenvalue weighted by Gasteiger charge is -1.93. The highest BCUT2D eigenvalue weighted by atomic mass is 14.7. The van der Waals surface area contributed by atoms with Crippen molar-refractivity contribution in [2.45, 2.75) is 0 Å². The molecule has 0 atom stereocenters. The van der Waals surface area contributed by atoms with E-state index in [-0.39, 0.29) is 0 Å². The average Bonchev–Trinajstić information content (AvgIpc) is 2.20. The number of nitrogens with two attached hydrogens (primary N) is 1. The third-order valence-corrected chi connectivity index (χ3v) is 1.92. The molecule has 0 aliphatic heterocycles. The number of rotatable bonds is 1. The van der Waals surface area contributed by atoms with Crippen LogP contribution in [0.25, 0.3) is 11.3 Å². The Bertz CT molecular complexity index is 379. The van der Waals surface area contributed by atoms with Gasteiger partial charge in [-0.2, -0.15) is 0 Å². The zero-order valence-electron chi connectivity index (χ0n) is 7.20. The van der Waals surface area contributed by atoms with Crippen LogP contribution in [0.4, 0.5) is 5.69 Å². The molecule has 0 fully saturated rings. The smallest absolute Gasteiger partial charge is 0.210 e. The van der Waals surface area contributed by atoms with Gasteiger partial charge in [0.25, 0.3) is 0 Å². The quantitative estimate of drug-likeness (QED) is 0.697. The Morgan fingerprint density at radius 3 is 2.31 bits per heavy atom. The lowest BCUT2D eigenvalue weighted by Crippen LogP contribution is -2.06. The Kier molecular flexibility index (Phi) is 1.96. The van der Waals surface area contributed by atoms with Gasteiger partial charge in [0.15, 0.2) is 6.20 Å². The maximum atomic E-state index is 5.57. The van der Waals surface area contributed by atoms with E-state index in [9.17, 15) is 0 Å². The first-order valence-corrected chi connectivity index (χ1v) is 4.19. The van der Waals surface area contributed by atoms with E-state index < -0.39 is 0 Å². The van der Waals surface area contributed by atoms with Crippen molar-refractivity contribution >= 4 is 5.69 Å². The summed E-state index contributed by atoms with van der Waals surface area (Å²) < 4.78 is 0. The predicted octanol–water partition coefficient (Wildman–Crippen LogP) is 1.75. The molecule has 0 aliphatic carbocycles. The Hall–Kier alpha value is -1.83. The molecule has 0 saturated heterocycles. The molecule has 13 heavy (non-hydrogen) atoms. The van der Waals surface area contributed by atoms with Crippen LogP contribution in [0, 0.1) is 0 Å². The van der Waals surface area contributed by atoms with Crippen molar-refractivity contribution in [2.24, 2.45) is 0 Å². The van der Waals surface area contributed by atoms with Crippen LogP contribution in [0.15, 0.2) is 48.7 Å². The molecule has 0 unspecified atom stereocenters. The average molecular weight is 171 g/mol. The topological polar surface area (TPSA) is 40.2 Å². The van der Waals surface area contributed by atoms with Gasteiger partial charge in [-0.25, -0.2) is 4.98 Å². The minimum atomic E-state index is 0.750. The molecule has 0 bridgehead atoms. The van der Waals surface area contributed by atoms with E-state index in [0.29, 0.717) is 0 Å². The van der Waals surface area contributed by atoms with Crippen molar-refractivity contribution in [1.82, 2.24) is 0 Å². The minimum absolute atomic E-state index is 0.750. The van der Waals surface area contributed by atoms with Gasteiger partial charge < -0.3 is 5.73 Å². The van der Waals surface area contributed by atoms with Gasteiger partial charge in [-0.1, -0.05) is 18.2 Å². The first-order chi connectivity index (χ1) is 6.36. The lowest BCUT2D eigenvalue weighted by atomic mass is 10.1. The fourth-order valence-electron chi connectivity index (χ4n) is 1.23. The second-order valence-corrected chi connectivity index (χ2v) is 2.90. The van der Waals surface area contributed by atoms with Crippen LogP contribution in [0.5, 0.6) is 0 Å². The second-order valence-electron chi connectivity index (χ2n) is 2.90. The molecule has 64 valence electrons. The highest BCUT2D eigenvalue weighted by Gasteiger charge is 2.02. The highest BCUT2D eigenvalue weighted by Crippen LogP contribution is 2.13. The fourth-order valence-corrected chi connectivity index (χ4v) is 1.23. The Morgan fingerprint density at radius 1 is 0.923 bits per heavy atom. The summed E-state index contributed by atoms with van der Waals surface area (Å²) in [6, 6.07) is 14.0. The largest absolute Gasteiger partial charge is 0.394 e. The number of pyridine rings is 1. The zero-order chi connectivity index (χ0) is 9.10. The summed E-state index contributed by atoms with van der Waals surface area (Å²) in [7, 11) is 0. The monoisotopic (exact) mass is 171 g/mol. The summed E-state index contributed by atoms with van der Waals surface area (Å²) in [5.74, 6) is 0. The molecular formula is C11H11N2+. The van der Waals surface area contributed by atoms with Crippen LogP contribution in [0.2, 0.25) is 0 Å². The van der Waals surface area contributed by atoms with Gasteiger partial charge in [0, 0.05) is 11.6 Å². The van der Waals surface area contributed by atoms with Gasteiger partial charge >= 0.3 is 0 Å². The van der Waals surface area contributed by atoms with Gasteiger partial charge in [-0.05, 0) is 18.2 Å². The number of aromatic nitrogens is 1. The molecule has 2 nitrogen and oxygen atoms in total. The number of aromatic amines is 1. The van der Waals surface area contributed by atoms with Crippen LogP contribution < -0.4 is 10.7 Å². The van der Waals surface area contributed by atoms with E-state index in [4.69, 9.17) is 5.73 Å². The molecule has 2 rings (SSSR count). The summed E-state index contributed by atoms with van der Waals surface area (Å²) in [4.78, 5) is 3.13. The predicted molar refractivity (Wildman–Crippen MR) is 52.8 cm³/mol. The van der Waals surface area contributed by atoms with Crippen molar-refractivity contribution in [3.8, 4) is 11.3 Å². The van der Waals surface area contributed by atoms with E-state index >= 15 is 0 Å². The van der Waals surface area contributed by atoms with Crippen molar-refractivity contribution in [1.29, 1.82) is 0 Å². The van der Waals surface area contributed by atoms with Gasteiger partial charge in [-0.15, -0.1) is 0 Å². The number of benzene rings is 1. The van der Waals surface area contributed by atoms with E-state index in [1.165, 1.54) is 5.56 Å². The molecule has 0 amide bonds. The summed E-state index contributed by atoms with van der Waals surface area (Å²) in [5, 5.41) is 0.